The maximum atomic E-state index is 5.90. The minimum absolute atomic E-state index is 0.313. The SMILES string of the molecule is C[C@H]1CC(N)=NN1c1cccc(Cl)c1. The molecule has 1 aliphatic heterocycles. The lowest BCUT2D eigenvalue weighted by molar-refractivity contribution is 0.723. The number of amidine groups is 1. The molecule has 3 nitrogen and oxygen atoms in total. The lowest BCUT2D eigenvalue weighted by Gasteiger charge is -2.19. The molecule has 0 radical (unpaired) electrons. The Balaban J connectivity index is 2.31. The van der Waals surface area contributed by atoms with E-state index in [1.165, 1.54) is 0 Å². The standard InChI is InChI=1S/C10H12ClN3/c1-7-5-10(12)13-14(7)9-4-2-3-8(11)6-9/h2-4,6-7H,5H2,1H3,(H2,12,13)/t7-/m0/s1. The number of nitrogens with zero attached hydrogens (tertiary/aromatic N) is 2. The summed E-state index contributed by atoms with van der Waals surface area (Å²) in [5.74, 6) is 0.678. The first kappa shape index (κ1) is 9.34. The van der Waals surface area contributed by atoms with Gasteiger partial charge in [0.15, 0.2) is 0 Å². The van der Waals surface area contributed by atoms with Crippen LogP contribution in [0.4, 0.5) is 5.69 Å². The minimum Gasteiger partial charge on any atom is -0.386 e. The summed E-state index contributed by atoms with van der Waals surface area (Å²) in [5.41, 5.74) is 6.66. The Morgan fingerprint density at radius 2 is 2.36 bits per heavy atom. The van der Waals surface area contributed by atoms with Crippen LogP contribution in [0.5, 0.6) is 0 Å². The second kappa shape index (κ2) is 3.50. The summed E-state index contributed by atoms with van der Waals surface area (Å²) in [7, 11) is 0. The van der Waals surface area contributed by atoms with E-state index in [-0.39, 0.29) is 0 Å². The second-order valence-corrected chi connectivity index (χ2v) is 3.91. The van der Waals surface area contributed by atoms with E-state index in [1.807, 2.05) is 29.3 Å². The van der Waals surface area contributed by atoms with Crippen LogP contribution >= 0.6 is 11.6 Å². The molecule has 0 spiro atoms. The van der Waals surface area contributed by atoms with E-state index in [1.54, 1.807) is 0 Å². The number of halogens is 1. The highest BCUT2D eigenvalue weighted by molar-refractivity contribution is 6.30. The molecule has 0 fully saturated rings. The molecule has 0 unspecified atom stereocenters. The molecule has 2 N–H and O–H groups in total. The number of rotatable bonds is 1. The summed E-state index contributed by atoms with van der Waals surface area (Å²) in [5, 5.41) is 6.87. The van der Waals surface area contributed by atoms with E-state index in [4.69, 9.17) is 17.3 Å². The van der Waals surface area contributed by atoms with E-state index in [0.717, 1.165) is 17.1 Å². The zero-order valence-corrected chi connectivity index (χ0v) is 8.70. The third-order valence-corrected chi connectivity index (χ3v) is 2.47. The third-order valence-electron chi connectivity index (χ3n) is 2.23. The van der Waals surface area contributed by atoms with Crippen LogP contribution in [-0.4, -0.2) is 11.9 Å². The fourth-order valence-corrected chi connectivity index (χ4v) is 1.78. The molecular weight excluding hydrogens is 198 g/mol. The molecule has 2 rings (SSSR count). The number of anilines is 1. The van der Waals surface area contributed by atoms with Crippen molar-refractivity contribution in [3.8, 4) is 0 Å². The number of hydrogen-bond donors (Lipinski definition) is 1. The Morgan fingerprint density at radius 3 is 2.93 bits per heavy atom. The van der Waals surface area contributed by atoms with Gasteiger partial charge in [-0.2, -0.15) is 5.10 Å². The molecule has 1 heterocycles. The zero-order chi connectivity index (χ0) is 10.1. The molecule has 0 amide bonds. The van der Waals surface area contributed by atoms with Crippen molar-refractivity contribution in [1.82, 2.24) is 0 Å². The number of benzene rings is 1. The first-order chi connectivity index (χ1) is 6.66. The second-order valence-electron chi connectivity index (χ2n) is 3.47. The van der Waals surface area contributed by atoms with Gasteiger partial charge in [0.25, 0.3) is 0 Å². The summed E-state index contributed by atoms with van der Waals surface area (Å²) in [4.78, 5) is 0. The van der Waals surface area contributed by atoms with Crippen LogP contribution in [0.3, 0.4) is 0 Å². The van der Waals surface area contributed by atoms with Gasteiger partial charge < -0.3 is 5.73 Å². The average molecular weight is 210 g/mol. The molecule has 0 saturated heterocycles. The fourth-order valence-electron chi connectivity index (χ4n) is 1.60. The monoisotopic (exact) mass is 209 g/mol. The third kappa shape index (κ3) is 1.68. The highest BCUT2D eigenvalue weighted by Crippen LogP contribution is 2.25. The van der Waals surface area contributed by atoms with E-state index >= 15 is 0 Å². The summed E-state index contributed by atoms with van der Waals surface area (Å²) < 4.78 is 0. The van der Waals surface area contributed by atoms with Gasteiger partial charge in [-0.25, -0.2) is 0 Å². The highest BCUT2D eigenvalue weighted by Gasteiger charge is 2.21. The Kier molecular flexibility index (Phi) is 2.33. The Hall–Kier alpha value is -1.22. The van der Waals surface area contributed by atoms with E-state index in [2.05, 4.69) is 12.0 Å². The van der Waals surface area contributed by atoms with Crippen LogP contribution in [0.15, 0.2) is 29.4 Å². The predicted octanol–water partition coefficient (Wildman–Crippen LogP) is 2.21. The van der Waals surface area contributed by atoms with E-state index in [0.29, 0.717) is 11.9 Å². The van der Waals surface area contributed by atoms with Crippen molar-refractivity contribution < 1.29 is 0 Å². The molecule has 1 aliphatic rings. The quantitative estimate of drug-likeness (QED) is 0.771. The fraction of sp³-hybridized carbons (Fsp3) is 0.300. The summed E-state index contributed by atoms with van der Waals surface area (Å²) in [6.07, 6.45) is 0.812. The molecular formula is C10H12ClN3. The minimum atomic E-state index is 0.313. The maximum absolute atomic E-state index is 5.90. The Bertz CT molecular complexity index is 375. The van der Waals surface area contributed by atoms with E-state index in [9.17, 15) is 0 Å². The van der Waals surface area contributed by atoms with Crippen LogP contribution in [0.2, 0.25) is 5.02 Å². The van der Waals surface area contributed by atoms with Crippen molar-refractivity contribution >= 4 is 23.1 Å². The molecule has 0 aromatic heterocycles. The van der Waals surface area contributed by atoms with Gasteiger partial charge in [0, 0.05) is 11.4 Å². The molecule has 1 atom stereocenters. The molecule has 0 saturated carbocycles. The number of nitrogens with two attached hydrogens (primary N) is 1. The van der Waals surface area contributed by atoms with Crippen LogP contribution in [-0.2, 0) is 0 Å². The van der Waals surface area contributed by atoms with Crippen molar-refractivity contribution in [3.05, 3.63) is 29.3 Å². The van der Waals surface area contributed by atoms with Gasteiger partial charge in [-0.1, -0.05) is 17.7 Å². The number of hydrazone groups is 1. The number of hydrogen-bond acceptors (Lipinski definition) is 3. The van der Waals surface area contributed by atoms with Gasteiger partial charge in [-0.3, -0.25) is 5.01 Å². The highest BCUT2D eigenvalue weighted by atomic mass is 35.5. The zero-order valence-electron chi connectivity index (χ0n) is 7.94. The van der Waals surface area contributed by atoms with Crippen molar-refractivity contribution in [2.75, 3.05) is 5.01 Å². The lowest BCUT2D eigenvalue weighted by Crippen LogP contribution is -2.22. The first-order valence-electron chi connectivity index (χ1n) is 4.54. The van der Waals surface area contributed by atoms with Crippen LogP contribution in [0, 0.1) is 0 Å². The molecule has 0 bridgehead atoms. The van der Waals surface area contributed by atoms with Crippen LogP contribution in [0.1, 0.15) is 13.3 Å². The van der Waals surface area contributed by atoms with Gasteiger partial charge in [-0.15, -0.1) is 0 Å². The van der Waals surface area contributed by atoms with Gasteiger partial charge in [0.1, 0.15) is 5.84 Å². The van der Waals surface area contributed by atoms with Crippen molar-refractivity contribution in [2.24, 2.45) is 10.8 Å². The lowest BCUT2D eigenvalue weighted by atomic mass is 10.2. The average Bonchev–Trinajstić information content (AvgIpc) is 2.45. The van der Waals surface area contributed by atoms with Gasteiger partial charge in [0.2, 0.25) is 0 Å². The summed E-state index contributed by atoms with van der Waals surface area (Å²) in [6.45, 7) is 2.09. The van der Waals surface area contributed by atoms with Crippen LogP contribution < -0.4 is 10.7 Å². The summed E-state index contributed by atoms with van der Waals surface area (Å²) in [6, 6.07) is 7.94. The van der Waals surface area contributed by atoms with Gasteiger partial charge >= 0.3 is 0 Å². The molecule has 74 valence electrons. The van der Waals surface area contributed by atoms with Gasteiger partial charge in [0.05, 0.1) is 11.7 Å². The summed E-state index contributed by atoms with van der Waals surface area (Å²) >= 11 is 5.90. The maximum Gasteiger partial charge on any atom is 0.122 e. The van der Waals surface area contributed by atoms with Gasteiger partial charge in [-0.05, 0) is 25.1 Å². The molecule has 4 heteroatoms. The predicted molar refractivity (Wildman–Crippen MR) is 59.6 cm³/mol. The first-order valence-corrected chi connectivity index (χ1v) is 4.92. The molecule has 1 aromatic rings. The molecule has 1 aromatic carbocycles. The Labute approximate surface area is 88.2 Å². The van der Waals surface area contributed by atoms with Crippen molar-refractivity contribution in [2.45, 2.75) is 19.4 Å². The Morgan fingerprint density at radius 1 is 1.57 bits per heavy atom. The smallest absolute Gasteiger partial charge is 0.122 e. The normalized spacial score (nSPS) is 21.1. The van der Waals surface area contributed by atoms with E-state index < -0.39 is 0 Å². The largest absolute Gasteiger partial charge is 0.386 e. The molecule has 14 heavy (non-hydrogen) atoms. The van der Waals surface area contributed by atoms with Crippen LogP contribution in [0.25, 0.3) is 0 Å². The molecule has 0 aliphatic carbocycles. The van der Waals surface area contributed by atoms with Crippen molar-refractivity contribution in [3.63, 3.8) is 0 Å². The topological polar surface area (TPSA) is 41.6 Å². The van der Waals surface area contributed by atoms with Crippen molar-refractivity contribution in [1.29, 1.82) is 0 Å².